The van der Waals surface area contributed by atoms with Gasteiger partial charge in [0.15, 0.2) is 0 Å². The second-order valence-corrected chi connectivity index (χ2v) is 5.57. The summed E-state index contributed by atoms with van der Waals surface area (Å²) < 4.78 is 13.8. The fourth-order valence-corrected chi connectivity index (χ4v) is 3.19. The van der Waals surface area contributed by atoms with Crippen LogP contribution in [0, 0.1) is 5.82 Å². The Morgan fingerprint density at radius 2 is 1.84 bits per heavy atom. The number of nitrogens with one attached hydrogen (secondary N) is 1. The van der Waals surface area contributed by atoms with E-state index in [9.17, 15) is 4.39 Å². The van der Waals surface area contributed by atoms with Crippen molar-refractivity contribution in [1.82, 2.24) is 5.32 Å². The minimum absolute atomic E-state index is 0.0394. The highest BCUT2D eigenvalue weighted by molar-refractivity contribution is 7.99. The van der Waals surface area contributed by atoms with Crippen molar-refractivity contribution in [2.24, 2.45) is 0 Å². The molecule has 0 amide bonds. The van der Waals surface area contributed by atoms with E-state index >= 15 is 0 Å². The lowest BCUT2D eigenvalue weighted by Gasteiger charge is -2.17. The molecule has 0 radical (unpaired) electrons. The summed E-state index contributed by atoms with van der Waals surface area (Å²) in [5, 5.41) is 3.88. The zero-order valence-electron chi connectivity index (χ0n) is 10.6. The molecule has 0 aliphatic rings. The Labute approximate surface area is 122 Å². The second-order valence-electron chi connectivity index (χ2n) is 4.10. The molecule has 0 saturated carbocycles. The molecule has 4 heteroatoms. The van der Waals surface area contributed by atoms with E-state index in [1.807, 2.05) is 43.4 Å². The summed E-state index contributed by atoms with van der Waals surface area (Å²) in [7, 11) is 1.84. The van der Waals surface area contributed by atoms with Crippen molar-refractivity contribution < 1.29 is 4.39 Å². The van der Waals surface area contributed by atoms with Crippen LogP contribution in [0.15, 0.2) is 53.4 Å². The molecule has 0 heterocycles. The number of halogens is 2. The first kappa shape index (κ1) is 14.4. The lowest BCUT2D eigenvalue weighted by molar-refractivity contribution is 0.566. The molecule has 0 spiro atoms. The topological polar surface area (TPSA) is 12.0 Å². The first-order valence-corrected chi connectivity index (χ1v) is 7.37. The van der Waals surface area contributed by atoms with Crippen molar-refractivity contribution in [3.63, 3.8) is 0 Å². The molecule has 0 aromatic heterocycles. The van der Waals surface area contributed by atoms with Crippen molar-refractivity contribution in [2.45, 2.75) is 10.9 Å². The quantitative estimate of drug-likeness (QED) is 0.813. The molecule has 0 aliphatic heterocycles. The van der Waals surface area contributed by atoms with Gasteiger partial charge in [0, 0.05) is 22.3 Å². The zero-order chi connectivity index (χ0) is 13.7. The van der Waals surface area contributed by atoms with Gasteiger partial charge in [-0.1, -0.05) is 41.9 Å². The monoisotopic (exact) mass is 295 g/mol. The van der Waals surface area contributed by atoms with Gasteiger partial charge in [-0.2, -0.15) is 0 Å². The number of hydrogen-bond donors (Lipinski definition) is 1. The van der Waals surface area contributed by atoms with Crippen LogP contribution in [0.25, 0.3) is 0 Å². The van der Waals surface area contributed by atoms with Gasteiger partial charge >= 0.3 is 0 Å². The van der Waals surface area contributed by atoms with Crippen molar-refractivity contribution in [1.29, 1.82) is 0 Å². The van der Waals surface area contributed by atoms with Crippen LogP contribution in [-0.4, -0.2) is 12.8 Å². The number of hydrogen-bond acceptors (Lipinski definition) is 2. The third-order valence-electron chi connectivity index (χ3n) is 2.87. The molecule has 0 fully saturated rings. The van der Waals surface area contributed by atoms with Crippen molar-refractivity contribution in [3.8, 4) is 0 Å². The molecule has 100 valence electrons. The van der Waals surface area contributed by atoms with Gasteiger partial charge in [-0.05, 0) is 25.2 Å². The summed E-state index contributed by atoms with van der Waals surface area (Å²) in [4.78, 5) is 1.01. The predicted octanol–water partition coefficient (Wildman–Crippen LogP) is 4.53. The SMILES string of the molecule is CNC(CSc1ccccc1Cl)c1ccccc1F. The van der Waals surface area contributed by atoms with E-state index in [0.717, 1.165) is 15.7 Å². The molecule has 1 atom stereocenters. The van der Waals surface area contributed by atoms with E-state index in [-0.39, 0.29) is 11.9 Å². The van der Waals surface area contributed by atoms with Gasteiger partial charge < -0.3 is 5.32 Å². The normalized spacial score (nSPS) is 12.4. The first-order valence-electron chi connectivity index (χ1n) is 6.01. The third-order valence-corrected chi connectivity index (χ3v) is 4.48. The summed E-state index contributed by atoms with van der Waals surface area (Å²) in [6.07, 6.45) is 0. The third kappa shape index (κ3) is 3.72. The van der Waals surface area contributed by atoms with Crippen LogP contribution in [0.1, 0.15) is 11.6 Å². The van der Waals surface area contributed by atoms with Gasteiger partial charge in [-0.25, -0.2) is 4.39 Å². The van der Waals surface area contributed by atoms with Gasteiger partial charge in [0.25, 0.3) is 0 Å². The summed E-state index contributed by atoms with van der Waals surface area (Å²) in [6.45, 7) is 0. The van der Waals surface area contributed by atoms with E-state index in [0.29, 0.717) is 5.56 Å². The lowest BCUT2D eigenvalue weighted by Crippen LogP contribution is -2.19. The summed E-state index contributed by atoms with van der Waals surface area (Å²) in [5.41, 5.74) is 0.685. The second kappa shape index (κ2) is 6.94. The van der Waals surface area contributed by atoms with Crippen molar-refractivity contribution in [3.05, 3.63) is 64.9 Å². The molecule has 2 aromatic carbocycles. The standard InChI is InChI=1S/C15H15ClFNS/c1-18-14(11-6-2-4-8-13(11)17)10-19-15-9-5-3-7-12(15)16/h2-9,14,18H,10H2,1H3. The van der Waals surface area contributed by atoms with E-state index in [2.05, 4.69) is 5.32 Å². The largest absolute Gasteiger partial charge is 0.312 e. The maximum atomic E-state index is 13.8. The Kier molecular flexibility index (Phi) is 5.25. The molecule has 1 nitrogen and oxygen atoms in total. The van der Waals surface area contributed by atoms with Crippen LogP contribution in [0.5, 0.6) is 0 Å². The van der Waals surface area contributed by atoms with Gasteiger partial charge in [-0.3, -0.25) is 0 Å². The predicted molar refractivity (Wildman–Crippen MR) is 80.4 cm³/mol. The van der Waals surface area contributed by atoms with Gasteiger partial charge in [0.05, 0.1) is 5.02 Å². The molecular weight excluding hydrogens is 281 g/mol. The molecule has 0 saturated heterocycles. The maximum Gasteiger partial charge on any atom is 0.128 e. The van der Waals surface area contributed by atoms with Gasteiger partial charge in [0.1, 0.15) is 5.82 Å². The number of thioether (sulfide) groups is 1. The molecule has 2 rings (SSSR count). The smallest absolute Gasteiger partial charge is 0.128 e. The van der Waals surface area contributed by atoms with E-state index < -0.39 is 0 Å². The van der Waals surface area contributed by atoms with Gasteiger partial charge in [0.2, 0.25) is 0 Å². The van der Waals surface area contributed by atoms with Crippen molar-refractivity contribution >= 4 is 23.4 Å². The summed E-state index contributed by atoms with van der Waals surface area (Å²) in [6, 6.07) is 14.5. The van der Waals surface area contributed by atoms with E-state index in [1.165, 1.54) is 6.07 Å². The average molecular weight is 296 g/mol. The first-order chi connectivity index (χ1) is 9.22. The Morgan fingerprint density at radius 1 is 1.16 bits per heavy atom. The maximum absolute atomic E-state index is 13.8. The van der Waals surface area contributed by atoms with Gasteiger partial charge in [-0.15, -0.1) is 11.8 Å². The highest BCUT2D eigenvalue weighted by Gasteiger charge is 2.14. The molecular formula is C15H15ClFNS. The number of benzene rings is 2. The molecule has 1 N–H and O–H groups in total. The summed E-state index contributed by atoms with van der Waals surface area (Å²) in [5.74, 6) is 0.544. The Morgan fingerprint density at radius 3 is 2.53 bits per heavy atom. The van der Waals surface area contributed by atoms with Crippen LogP contribution in [-0.2, 0) is 0 Å². The van der Waals surface area contributed by atoms with Crippen LogP contribution >= 0.6 is 23.4 Å². The van der Waals surface area contributed by atoms with E-state index in [1.54, 1.807) is 17.8 Å². The zero-order valence-corrected chi connectivity index (χ0v) is 12.1. The van der Waals surface area contributed by atoms with Crippen LogP contribution < -0.4 is 5.32 Å². The Balaban J connectivity index is 2.09. The highest BCUT2D eigenvalue weighted by Crippen LogP contribution is 2.30. The summed E-state index contributed by atoms with van der Waals surface area (Å²) >= 11 is 7.74. The Hall–Kier alpha value is -1.03. The molecule has 0 aliphatic carbocycles. The highest BCUT2D eigenvalue weighted by atomic mass is 35.5. The number of rotatable bonds is 5. The van der Waals surface area contributed by atoms with E-state index in [4.69, 9.17) is 11.6 Å². The van der Waals surface area contributed by atoms with Crippen molar-refractivity contribution in [2.75, 3.05) is 12.8 Å². The Bertz CT molecular complexity index is 547. The molecule has 19 heavy (non-hydrogen) atoms. The lowest BCUT2D eigenvalue weighted by atomic mass is 10.1. The van der Waals surface area contributed by atoms with Crippen LogP contribution in [0.3, 0.4) is 0 Å². The minimum Gasteiger partial charge on any atom is -0.312 e. The van der Waals surface area contributed by atoms with Crippen LogP contribution in [0.2, 0.25) is 5.02 Å². The average Bonchev–Trinajstić information content (AvgIpc) is 2.43. The molecule has 2 aromatic rings. The molecule has 1 unspecified atom stereocenters. The fourth-order valence-electron chi connectivity index (χ4n) is 1.82. The minimum atomic E-state index is -0.179. The van der Waals surface area contributed by atoms with Crippen LogP contribution in [0.4, 0.5) is 4.39 Å². The molecule has 0 bridgehead atoms. The fraction of sp³-hybridized carbons (Fsp3) is 0.200.